The summed E-state index contributed by atoms with van der Waals surface area (Å²) < 4.78 is 10.8. The number of esters is 1. The average Bonchev–Trinajstić information content (AvgIpc) is 3.40. The van der Waals surface area contributed by atoms with Gasteiger partial charge >= 0.3 is 5.97 Å². The van der Waals surface area contributed by atoms with Crippen LogP contribution in [0.25, 0.3) is 11.3 Å². The van der Waals surface area contributed by atoms with Gasteiger partial charge in [-0.05, 0) is 56.4 Å². The van der Waals surface area contributed by atoms with Gasteiger partial charge in [-0.3, -0.25) is 14.9 Å². The van der Waals surface area contributed by atoms with E-state index in [4.69, 9.17) is 9.15 Å². The monoisotopic (exact) mass is 440 g/mol. The minimum Gasteiger partial charge on any atom is -0.462 e. The quantitative estimate of drug-likeness (QED) is 0.319. The molecule has 0 saturated heterocycles. The molecule has 1 aliphatic carbocycles. The van der Waals surface area contributed by atoms with E-state index in [9.17, 15) is 19.7 Å². The molecule has 0 saturated carbocycles. The van der Waals surface area contributed by atoms with Crippen LogP contribution in [0.1, 0.15) is 50.4 Å². The van der Waals surface area contributed by atoms with Crippen molar-refractivity contribution in [3.05, 3.63) is 67.6 Å². The summed E-state index contributed by atoms with van der Waals surface area (Å²) in [5.74, 6) is -0.770. The van der Waals surface area contributed by atoms with Crippen molar-refractivity contribution in [3.63, 3.8) is 0 Å². The fourth-order valence-corrected chi connectivity index (χ4v) is 4.90. The van der Waals surface area contributed by atoms with Crippen molar-refractivity contribution < 1.29 is 23.7 Å². The smallest absolute Gasteiger partial charge is 0.350 e. The zero-order valence-electron chi connectivity index (χ0n) is 16.8. The third-order valence-electron chi connectivity index (χ3n) is 5.07. The standard InChI is InChI=1S/C22H20N2O6S/c1-2-29-22(26)20-19(14-8-4-6-10-18(14)31-20)23-21(25)17-12-11-16(30-17)13-7-3-5-9-15(13)24(27)28/h3,5,7,9,11-12H,2,4,6,8,10H2,1H3,(H,23,25). The molecule has 0 aliphatic heterocycles. The third kappa shape index (κ3) is 4.09. The Morgan fingerprint density at radius 3 is 2.74 bits per heavy atom. The van der Waals surface area contributed by atoms with Crippen LogP contribution in [0, 0.1) is 10.1 Å². The van der Waals surface area contributed by atoms with E-state index in [0.717, 1.165) is 36.1 Å². The molecule has 0 spiro atoms. The van der Waals surface area contributed by atoms with Gasteiger partial charge in [0.15, 0.2) is 5.76 Å². The summed E-state index contributed by atoms with van der Waals surface area (Å²) >= 11 is 1.36. The number of rotatable bonds is 6. The van der Waals surface area contributed by atoms with Crippen molar-refractivity contribution in [1.82, 2.24) is 0 Å². The molecule has 3 aromatic rings. The van der Waals surface area contributed by atoms with Crippen LogP contribution in [-0.2, 0) is 17.6 Å². The molecule has 2 aromatic heterocycles. The molecule has 31 heavy (non-hydrogen) atoms. The van der Waals surface area contributed by atoms with Gasteiger partial charge in [-0.25, -0.2) is 4.79 Å². The number of carbonyl (C=O) groups excluding carboxylic acids is 2. The molecule has 1 aromatic carbocycles. The summed E-state index contributed by atoms with van der Waals surface area (Å²) in [5.41, 5.74) is 1.62. The lowest BCUT2D eigenvalue weighted by Gasteiger charge is -2.13. The third-order valence-corrected chi connectivity index (χ3v) is 6.34. The van der Waals surface area contributed by atoms with E-state index in [1.54, 1.807) is 25.1 Å². The highest BCUT2D eigenvalue weighted by molar-refractivity contribution is 7.14. The molecule has 1 aliphatic rings. The first-order valence-corrected chi connectivity index (χ1v) is 10.8. The maximum Gasteiger partial charge on any atom is 0.350 e. The van der Waals surface area contributed by atoms with E-state index in [0.29, 0.717) is 10.6 Å². The molecule has 0 radical (unpaired) electrons. The Bertz CT molecular complexity index is 1160. The SMILES string of the molecule is CCOC(=O)c1sc2c(c1NC(=O)c1ccc(-c3ccccc3[N+](=O)[O-])o1)CCCC2. The number of nitro groups is 1. The highest BCUT2D eigenvalue weighted by Crippen LogP contribution is 2.39. The number of nitrogens with zero attached hydrogens (tertiary/aromatic N) is 1. The van der Waals surface area contributed by atoms with E-state index in [1.807, 2.05) is 0 Å². The van der Waals surface area contributed by atoms with E-state index < -0.39 is 16.8 Å². The number of anilines is 1. The molecule has 9 heteroatoms. The van der Waals surface area contributed by atoms with Gasteiger partial charge in [-0.15, -0.1) is 11.3 Å². The van der Waals surface area contributed by atoms with Gasteiger partial charge in [0.25, 0.3) is 11.6 Å². The van der Waals surface area contributed by atoms with E-state index in [-0.39, 0.29) is 29.4 Å². The van der Waals surface area contributed by atoms with Crippen LogP contribution in [0.4, 0.5) is 11.4 Å². The predicted octanol–water partition coefficient (Wildman–Crippen LogP) is 5.22. The van der Waals surface area contributed by atoms with Crippen LogP contribution in [0.5, 0.6) is 0 Å². The van der Waals surface area contributed by atoms with Crippen LogP contribution in [0.15, 0.2) is 40.8 Å². The summed E-state index contributed by atoms with van der Waals surface area (Å²) in [6.07, 6.45) is 3.67. The Kier molecular flexibility index (Phi) is 5.85. The zero-order chi connectivity index (χ0) is 22.0. The van der Waals surface area contributed by atoms with Crippen LogP contribution in [-0.4, -0.2) is 23.4 Å². The Morgan fingerprint density at radius 2 is 1.97 bits per heavy atom. The first kappa shape index (κ1) is 20.8. The number of thiophene rings is 1. The van der Waals surface area contributed by atoms with E-state index in [2.05, 4.69) is 5.32 Å². The number of aryl methyl sites for hydroxylation is 1. The molecule has 1 amide bonds. The molecular weight excluding hydrogens is 420 g/mol. The summed E-state index contributed by atoms with van der Waals surface area (Å²) in [6, 6.07) is 9.15. The molecule has 0 atom stereocenters. The number of carbonyl (C=O) groups is 2. The minimum atomic E-state index is -0.526. The van der Waals surface area contributed by atoms with Crippen LogP contribution < -0.4 is 5.32 Å². The highest BCUT2D eigenvalue weighted by atomic mass is 32.1. The molecule has 4 rings (SSSR count). The molecule has 160 valence electrons. The molecule has 8 nitrogen and oxygen atoms in total. The number of furan rings is 1. The number of ether oxygens (including phenoxy) is 1. The van der Waals surface area contributed by atoms with Crippen LogP contribution in [0.3, 0.4) is 0 Å². The van der Waals surface area contributed by atoms with Gasteiger partial charge in [-0.1, -0.05) is 12.1 Å². The van der Waals surface area contributed by atoms with Crippen molar-refractivity contribution in [2.75, 3.05) is 11.9 Å². The van der Waals surface area contributed by atoms with Crippen LogP contribution >= 0.6 is 11.3 Å². The van der Waals surface area contributed by atoms with Gasteiger partial charge in [-0.2, -0.15) is 0 Å². The molecule has 2 heterocycles. The maximum absolute atomic E-state index is 12.9. The van der Waals surface area contributed by atoms with Crippen LogP contribution in [0.2, 0.25) is 0 Å². The van der Waals surface area contributed by atoms with Crippen molar-refractivity contribution >= 4 is 34.6 Å². The number of benzene rings is 1. The fraction of sp³-hybridized carbons (Fsp3) is 0.273. The Balaban J connectivity index is 1.64. The second kappa shape index (κ2) is 8.73. The lowest BCUT2D eigenvalue weighted by atomic mass is 9.97. The van der Waals surface area contributed by atoms with Crippen molar-refractivity contribution in [2.24, 2.45) is 0 Å². The molecule has 0 fully saturated rings. The van der Waals surface area contributed by atoms with Gasteiger partial charge in [0.1, 0.15) is 10.6 Å². The molecule has 0 bridgehead atoms. The molecule has 0 unspecified atom stereocenters. The van der Waals surface area contributed by atoms with E-state index in [1.165, 1.54) is 29.5 Å². The lowest BCUT2D eigenvalue weighted by Crippen LogP contribution is -2.15. The van der Waals surface area contributed by atoms with Crippen molar-refractivity contribution in [3.8, 4) is 11.3 Å². The number of para-hydroxylation sites is 1. The first-order valence-electron chi connectivity index (χ1n) is 9.96. The lowest BCUT2D eigenvalue weighted by molar-refractivity contribution is -0.384. The van der Waals surface area contributed by atoms with E-state index >= 15 is 0 Å². The predicted molar refractivity (Wildman–Crippen MR) is 116 cm³/mol. The second-order valence-corrected chi connectivity index (χ2v) is 8.13. The Morgan fingerprint density at radius 1 is 1.19 bits per heavy atom. The van der Waals surface area contributed by atoms with Crippen molar-refractivity contribution in [1.29, 1.82) is 0 Å². The Hall–Kier alpha value is -3.46. The normalized spacial score (nSPS) is 12.8. The number of fused-ring (bicyclic) bond motifs is 1. The summed E-state index contributed by atoms with van der Waals surface area (Å²) in [5, 5.41) is 14.1. The minimum absolute atomic E-state index is 0.00119. The zero-order valence-corrected chi connectivity index (χ0v) is 17.6. The number of amides is 1. The van der Waals surface area contributed by atoms with Gasteiger partial charge < -0.3 is 14.5 Å². The topological polar surface area (TPSA) is 112 Å². The second-order valence-electron chi connectivity index (χ2n) is 7.03. The fourth-order valence-electron chi connectivity index (χ4n) is 3.66. The Labute approximate surface area is 182 Å². The average molecular weight is 440 g/mol. The molecule has 1 N–H and O–H groups in total. The summed E-state index contributed by atoms with van der Waals surface area (Å²) in [4.78, 5) is 37.6. The van der Waals surface area contributed by atoms with Gasteiger partial charge in [0.05, 0.1) is 22.8 Å². The number of hydrogen-bond acceptors (Lipinski definition) is 7. The maximum atomic E-state index is 12.9. The number of nitrogens with one attached hydrogen (secondary N) is 1. The first-order chi connectivity index (χ1) is 15.0. The highest BCUT2D eigenvalue weighted by Gasteiger charge is 2.28. The summed E-state index contributed by atoms with van der Waals surface area (Å²) in [7, 11) is 0. The molecular formula is C22H20N2O6S. The van der Waals surface area contributed by atoms with Crippen molar-refractivity contribution in [2.45, 2.75) is 32.6 Å². The van der Waals surface area contributed by atoms with Gasteiger partial charge in [0.2, 0.25) is 0 Å². The summed E-state index contributed by atoms with van der Waals surface area (Å²) in [6.45, 7) is 1.98. The van der Waals surface area contributed by atoms with Gasteiger partial charge in [0, 0.05) is 10.9 Å². The largest absolute Gasteiger partial charge is 0.462 e. The number of nitro benzene ring substituents is 1. The number of hydrogen-bond donors (Lipinski definition) is 1.